The molecular weight excluding hydrogens is 364 g/mol. The van der Waals surface area contributed by atoms with E-state index in [1.165, 1.54) is 6.42 Å². The number of piperazine rings is 1. The first-order valence-electron chi connectivity index (χ1n) is 10.1. The van der Waals surface area contributed by atoms with Crippen LogP contribution in [-0.2, 0) is 18.0 Å². The molecule has 3 aliphatic rings. The summed E-state index contributed by atoms with van der Waals surface area (Å²) >= 11 is 0. The summed E-state index contributed by atoms with van der Waals surface area (Å²) in [7, 11) is 0. The third-order valence-corrected chi connectivity index (χ3v) is 6.05. The van der Waals surface area contributed by atoms with Gasteiger partial charge in [0.05, 0.1) is 18.9 Å². The number of hydrogen-bond acceptors (Lipinski definition) is 7. The van der Waals surface area contributed by atoms with E-state index >= 15 is 0 Å². The van der Waals surface area contributed by atoms with Crippen molar-refractivity contribution in [3.05, 3.63) is 60.0 Å². The molecule has 5 heterocycles. The fraction of sp³-hybridized carbons (Fsp3) is 0.318. The number of nitrogens with one attached hydrogen (secondary N) is 2. The Labute approximate surface area is 169 Å². The number of piperidine rings is 1. The fourth-order valence-electron chi connectivity index (χ4n) is 4.49. The van der Waals surface area contributed by atoms with E-state index < -0.39 is 0 Å². The van der Waals surface area contributed by atoms with Crippen LogP contribution in [0.5, 0.6) is 0 Å². The Morgan fingerprint density at radius 1 is 0.931 bits per heavy atom. The minimum absolute atomic E-state index is 0.501. The third kappa shape index (κ3) is 2.94. The van der Waals surface area contributed by atoms with E-state index in [0.717, 1.165) is 52.9 Å². The van der Waals surface area contributed by atoms with Gasteiger partial charge in [-0.3, -0.25) is 4.98 Å². The first-order chi connectivity index (χ1) is 14.3. The van der Waals surface area contributed by atoms with Crippen molar-refractivity contribution >= 4 is 17.5 Å². The molecule has 2 aromatic heterocycles. The molecule has 0 amide bonds. The Bertz CT molecular complexity index is 1030. The second kappa shape index (κ2) is 6.79. The Morgan fingerprint density at radius 2 is 1.69 bits per heavy atom. The van der Waals surface area contributed by atoms with Crippen LogP contribution in [0, 0.1) is 0 Å². The molecule has 0 radical (unpaired) electrons. The third-order valence-electron chi connectivity index (χ3n) is 6.05. The van der Waals surface area contributed by atoms with E-state index in [1.807, 2.05) is 24.5 Å². The van der Waals surface area contributed by atoms with Crippen LogP contribution >= 0.6 is 0 Å². The number of anilines is 3. The Kier molecular flexibility index (Phi) is 3.95. The Balaban J connectivity index is 1.30. The molecule has 2 fully saturated rings. The smallest absolute Gasteiger partial charge is 0.228 e. The zero-order chi connectivity index (χ0) is 19.2. The molecule has 6 rings (SSSR count). The van der Waals surface area contributed by atoms with Crippen molar-refractivity contribution in [1.29, 1.82) is 0 Å². The summed E-state index contributed by atoms with van der Waals surface area (Å²) in [4.78, 5) is 16.2. The van der Waals surface area contributed by atoms with Crippen molar-refractivity contribution in [2.75, 3.05) is 23.3 Å². The predicted molar refractivity (Wildman–Crippen MR) is 111 cm³/mol. The standard InChI is InChI=1S/C22H22N6O/c1-3-16(4-2-14(1)15-5-7-23-8-6-15)25-21-19-12-29-13-20(19)26-22(27-21)28-17-9-18(28)11-24-10-17/h1-8,17-18,24H,9-13H2,(H,25,26,27). The molecule has 0 saturated carbocycles. The number of hydrogen-bond donors (Lipinski definition) is 2. The lowest BCUT2D eigenvalue weighted by atomic mass is 9.89. The van der Waals surface area contributed by atoms with E-state index in [0.29, 0.717) is 25.3 Å². The lowest BCUT2D eigenvalue weighted by molar-refractivity contribution is 0.133. The maximum absolute atomic E-state index is 5.67. The van der Waals surface area contributed by atoms with Gasteiger partial charge < -0.3 is 20.3 Å². The van der Waals surface area contributed by atoms with E-state index in [4.69, 9.17) is 14.7 Å². The van der Waals surface area contributed by atoms with Crippen LogP contribution in [-0.4, -0.2) is 40.1 Å². The van der Waals surface area contributed by atoms with Gasteiger partial charge in [-0.1, -0.05) is 12.1 Å². The molecule has 29 heavy (non-hydrogen) atoms. The van der Waals surface area contributed by atoms with Gasteiger partial charge in [0.1, 0.15) is 5.82 Å². The lowest BCUT2D eigenvalue weighted by Gasteiger charge is -2.53. The first kappa shape index (κ1) is 16.9. The highest BCUT2D eigenvalue weighted by molar-refractivity contribution is 5.69. The minimum atomic E-state index is 0.501. The van der Waals surface area contributed by atoms with Gasteiger partial charge in [-0.15, -0.1) is 0 Å². The topological polar surface area (TPSA) is 75.2 Å². The van der Waals surface area contributed by atoms with Crippen molar-refractivity contribution in [3.8, 4) is 11.1 Å². The maximum Gasteiger partial charge on any atom is 0.228 e. The highest BCUT2D eigenvalue weighted by Gasteiger charge is 2.43. The monoisotopic (exact) mass is 386 g/mol. The van der Waals surface area contributed by atoms with Gasteiger partial charge in [0, 0.05) is 48.8 Å². The quantitative estimate of drug-likeness (QED) is 0.714. The SMILES string of the molecule is c1cc(-c2ccc(Nc3nc(N4C5CNCC4C5)nc4c3COC4)cc2)ccn1. The number of benzene rings is 1. The van der Waals surface area contributed by atoms with E-state index in [9.17, 15) is 0 Å². The second-order valence-corrected chi connectivity index (χ2v) is 7.84. The van der Waals surface area contributed by atoms with Crippen molar-refractivity contribution in [2.24, 2.45) is 0 Å². The normalized spacial score (nSPS) is 22.1. The summed E-state index contributed by atoms with van der Waals surface area (Å²) in [5.41, 5.74) is 5.39. The molecule has 1 aromatic carbocycles. The van der Waals surface area contributed by atoms with Crippen LogP contribution in [0.3, 0.4) is 0 Å². The van der Waals surface area contributed by atoms with Crippen LogP contribution in [0.1, 0.15) is 17.7 Å². The molecule has 3 aromatic rings. The lowest BCUT2D eigenvalue weighted by Crippen LogP contribution is -2.68. The van der Waals surface area contributed by atoms with E-state index in [1.54, 1.807) is 0 Å². The first-order valence-corrected chi connectivity index (χ1v) is 10.1. The van der Waals surface area contributed by atoms with Crippen molar-refractivity contribution < 1.29 is 4.74 Å². The van der Waals surface area contributed by atoms with Gasteiger partial charge in [-0.05, 0) is 41.8 Å². The van der Waals surface area contributed by atoms with Gasteiger partial charge in [0.2, 0.25) is 5.95 Å². The van der Waals surface area contributed by atoms with Crippen molar-refractivity contribution in [3.63, 3.8) is 0 Å². The van der Waals surface area contributed by atoms with E-state index in [2.05, 4.69) is 44.8 Å². The average molecular weight is 386 g/mol. The molecule has 0 spiro atoms. The molecule has 7 heteroatoms. The molecule has 7 nitrogen and oxygen atoms in total. The minimum Gasteiger partial charge on any atom is -0.370 e. The molecule has 0 aliphatic carbocycles. The average Bonchev–Trinajstić information content (AvgIpc) is 3.24. The summed E-state index contributed by atoms with van der Waals surface area (Å²) in [6.07, 6.45) is 4.85. The molecule has 2 N–H and O–H groups in total. The van der Waals surface area contributed by atoms with Gasteiger partial charge >= 0.3 is 0 Å². The number of nitrogens with zero attached hydrogens (tertiary/aromatic N) is 4. The highest BCUT2D eigenvalue weighted by Crippen LogP contribution is 2.36. The summed E-state index contributed by atoms with van der Waals surface area (Å²) < 4.78 is 5.67. The summed E-state index contributed by atoms with van der Waals surface area (Å²) in [6, 6.07) is 13.4. The van der Waals surface area contributed by atoms with Crippen LogP contribution < -0.4 is 15.5 Å². The summed E-state index contributed by atoms with van der Waals surface area (Å²) in [5.74, 6) is 1.69. The maximum atomic E-state index is 5.67. The number of fused-ring (bicyclic) bond motifs is 3. The van der Waals surface area contributed by atoms with Gasteiger partial charge in [-0.2, -0.15) is 4.98 Å². The molecule has 2 bridgehead atoms. The second-order valence-electron chi connectivity index (χ2n) is 7.84. The predicted octanol–water partition coefficient (Wildman–Crippen LogP) is 2.86. The molecule has 146 valence electrons. The Morgan fingerprint density at radius 3 is 2.45 bits per heavy atom. The molecule has 3 aliphatic heterocycles. The fourth-order valence-corrected chi connectivity index (χ4v) is 4.49. The largest absolute Gasteiger partial charge is 0.370 e. The van der Waals surface area contributed by atoms with Crippen LogP contribution in [0.2, 0.25) is 0 Å². The van der Waals surface area contributed by atoms with Crippen LogP contribution in [0.15, 0.2) is 48.8 Å². The molecular formula is C22H22N6O. The molecule has 2 unspecified atom stereocenters. The van der Waals surface area contributed by atoms with Crippen LogP contribution in [0.25, 0.3) is 11.1 Å². The highest BCUT2D eigenvalue weighted by atomic mass is 16.5. The van der Waals surface area contributed by atoms with Crippen molar-refractivity contribution in [1.82, 2.24) is 20.3 Å². The van der Waals surface area contributed by atoms with Crippen LogP contribution in [0.4, 0.5) is 17.5 Å². The zero-order valence-electron chi connectivity index (χ0n) is 16.0. The molecule has 2 atom stereocenters. The zero-order valence-corrected chi connectivity index (χ0v) is 16.0. The summed E-state index contributed by atoms with van der Waals surface area (Å²) in [6.45, 7) is 3.13. The summed E-state index contributed by atoms with van der Waals surface area (Å²) in [5, 5.41) is 6.97. The van der Waals surface area contributed by atoms with Crippen molar-refractivity contribution in [2.45, 2.75) is 31.7 Å². The number of rotatable bonds is 4. The van der Waals surface area contributed by atoms with Gasteiger partial charge in [-0.25, -0.2) is 4.98 Å². The Hall–Kier alpha value is -3.03. The van der Waals surface area contributed by atoms with E-state index in [-0.39, 0.29) is 0 Å². The molecule has 2 saturated heterocycles. The number of aromatic nitrogens is 3. The number of pyridine rings is 1. The number of ether oxygens (including phenoxy) is 1. The van der Waals surface area contributed by atoms with Gasteiger partial charge in [0.25, 0.3) is 0 Å². The van der Waals surface area contributed by atoms with Gasteiger partial charge in [0.15, 0.2) is 0 Å².